The van der Waals surface area contributed by atoms with Crippen molar-refractivity contribution in [3.05, 3.63) is 21.3 Å². The Bertz CT molecular complexity index is 252. The van der Waals surface area contributed by atoms with E-state index in [1.54, 1.807) is 0 Å². The lowest BCUT2D eigenvalue weighted by Crippen LogP contribution is -2.24. The fraction of sp³-hybridized carbons (Fsp3) is 0.778. The summed E-state index contributed by atoms with van der Waals surface area (Å²) >= 11 is 1.39. The van der Waals surface area contributed by atoms with E-state index >= 15 is 0 Å². The molecule has 0 spiro atoms. The molecule has 1 rings (SSSR count). The molecular weight excluding hydrogens is 216 g/mol. The molecule has 1 heterocycles. The summed E-state index contributed by atoms with van der Waals surface area (Å²) in [4.78, 5) is 11.9. The molecule has 0 amide bonds. The highest BCUT2D eigenvalue weighted by molar-refractivity contribution is 8.02. The Hall–Kier alpha value is -0.750. The van der Waals surface area contributed by atoms with Crippen LogP contribution in [0.25, 0.3) is 0 Å². The van der Waals surface area contributed by atoms with E-state index in [2.05, 4.69) is 0 Å². The standard InChI is InChI=1S/C9H16N2O3S/c1-10(5-8-3-4-14-7-8)9(15-2)6-11(12)13/h6,8H,3-5,7H2,1-2H3/b9-6-. The SMILES string of the molecule is CS/C(=C\[N+](=O)[O-])N(C)CC1CCOC1. The maximum absolute atomic E-state index is 10.4. The van der Waals surface area contributed by atoms with Crippen LogP contribution >= 0.6 is 11.8 Å². The van der Waals surface area contributed by atoms with Gasteiger partial charge >= 0.3 is 0 Å². The van der Waals surface area contributed by atoms with Crippen molar-refractivity contribution in [1.82, 2.24) is 4.90 Å². The van der Waals surface area contributed by atoms with Crippen LogP contribution in [0.4, 0.5) is 0 Å². The normalized spacial score (nSPS) is 21.7. The molecule has 1 saturated heterocycles. The Morgan fingerprint density at radius 3 is 3.00 bits per heavy atom. The maximum Gasteiger partial charge on any atom is 0.264 e. The van der Waals surface area contributed by atoms with E-state index in [-0.39, 0.29) is 0 Å². The summed E-state index contributed by atoms with van der Waals surface area (Å²) in [6.07, 6.45) is 3.95. The molecule has 0 N–H and O–H groups in total. The summed E-state index contributed by atoms with van der Waals surface area (Å²) < 4.78 is 5.27. The quantitative estimate of drug-likeness (QED) is 0.529. The van der Waals surface area contributed by atoms with Crippen LogP contribution in [0.3, 0.4) is 0 Å². The fourth-order valence-electron chi connectivity index (χ4n) is 1.60. The Morgan fingerprint density at radius 1 is 1.80 bits per heavy atom. The first-order chi connectivity index (χ1) is 7.13. The second-order valence-corrected chi connectivity index (χ2v) is 4.39. The first-order valence-electron chi connectivity index (χ1n) is 4.81. The monoisotopic (exact) mass is 232 g/mol. The van der Waals surface area contributed by atoms with Gasteiger partial charge in [0.2, 0.25) is 0 Å². The van der Waals surface area contributed by atoms with Gasteiger partial charge in [-0.25, -0.2) is 0 Å². The predicted molar refractivity (Wildman–Crippen MR) is 60.1 cm³/mol. The largest absolute Gasteiger partial charge is 0.381 e. The third kappa shape index (κ3) is 4.09. The minimum absolute atomic E-state index is 0.409. The molecule has 0 saturated carbocycles. The van der Waals surface area contributed by atoms with Crippen LogP contribution in [0.5, 0.6) is 0 Å². The zero-order valence-corrected chi connectivity index (χ0v) is 9.83. The van der Waals surface area contributed by atoms with Crippen molar-refractivity contribution in [3.8, 4) is 0 Å². The second-order valence-electron chi connectivity index (χ2n) is 3.57. The van der Waals surface area contributed by atoms with Crippen molar-refractivity contribution >= 4 is 11.8 Å². The van der Waals surface area contributed by atoms with Gasteiger partial charge in [0.1, 0.15) is 5.03 Å². The van der Waals surface area contributed by atoms with Gasteiger partial charge in [0.05, 0.1) is 11.5 Å². The van der Waals surface area contributed by atoms with E-state index < -0.39 is 4.92 Å². The summed E-state index contributed by atoms with van der Waals surface area (Å²) in [5, 5.41) is 11.1. The van der Waals surface area contributed by atoms with Crippen LogP contribution in [0, 0.1) is 16.0 Å². The summed E-state index contributed by atoms with van der Waals surface area (Å²) in [5.41, 5.74) is 0. The van der Waals surface area contributed by atoms with Gasteiger partial charge in [-0.05, 0) is 12.7 Å². The molecule has 0 aromatic heterocycles. The molecule has 1 atom stereocenters. The zero-order chi connectivity index (χ0) is 11.3. The smallest absolute Gasteiger partial charge is 0.264 e. The zero-order valence-electron chi connectivity index (χ0n) is 9.01. The summed E-state index contributed by atoms with van der Waals surface area (Å²) in [5.74, 6) is 0.498. The van der Waals surface area contributed by atoms with E-state index in [1.807, 2.05) is 18.2 Å². The third-order valence-corrected chi connectivity index (χ3v) is 3.19. The average molecular weight is 232 g/mol. The summed E-state index contributed by atoms with van der Waals surface area (Å²) in [7, 11) is 1.88. The van der Waals surface area contributed by atoms with Crippen molar-refractivity contribution in [1.29, 1.82) is 0 Å². The van der Waals surface area contributed by atoms with Crippen molar-refractivity contribution in [2.45, 2.75) is 6.42 Å². The highest BCUT2D eigenvalue weighted by Crippen LogP contribution is 2.20. The van der Waals surface area contributed by atoms with E-state index in [4.69, 9.17) is 4.74 Å². The fourth-order valence-corrected chi connectivity index (χ4v) is 2.18. The lowest BCUT2D eigenvalue weighted by molar-refractivity contribution is -0.403. The number of hydrogen-bond acceptors (Lipinski definition) is 5. The molecule has 1 fully saturated rings. The van der Waals surface area contributed by atoms with Gasteiger partial charge < -0.3 is 9.64 Å². The van der Waals surface area contributed by atoms with Gasteiger partial charge in [-0.1, -0.05) is 0 Å². The van der Waals surface area contributed by atoms with Crippen molar-refractivity contribution in [2.24, 2.45) is 5.92 Å². The molecule has 1 aliphatic rings. The van der Waals surface area contributed by atoms with Gasteiger partial charge in [0.15, 0.2) is 0 Å². The Labute approximate surface area is 93.6 Å². The Morgan fingerprint density at radius 2 is 2.53 bits per heavy atom. The van der Waals surface area contributed by atoms with Gasteiger partial charge in [-0.3, -0.25) is 10.1 Å². The number of rotatable bonds is 5. The highest BCUT2D eigenvalue weighted by atomic mass is 32.2. The van der Waals surface area contributed by atoms with Crippen LogP contribution in [0.1, 0.15) is 6.42 Å². The van der Waals surface area contributed by atoms with Gasteiger partial charge in [0, 0.05) is 26.1 Å². The molecule has 1 aliphatic heterocycles. The molecule has 15 heavy (non-hydrogen) atoms. The van der Waals surface area contributed by atoms with E-state index in [0.717, 1.165) is 32.4 Å². The minimum atomic E-state index is -0.409. The molecule has 0 aliphatic carbocycles. The lowest BCUT2D eigenvalue weighted by Gasteiger charge is -2.21. The average Bonchev–Trinajstić information content (AvgIpc) is 2.66. The lowest BCUT2D eigenvalue weighted by atomic mass is 10.1. The summed E-state index contributed by atoms with van der Waals surface area (Å²) in [6.45, 7) is 2.40. The molecule has 0 radical (unpaired) electrons. The minimum Gasteiger partial charge on any atom is -0.381 e. The van der Waals surface area contributed by atoms with Crippen LogP contribution in [-0.4, -0.2) is 42.9 Å². The Balaban J connectivity index is 2.48. The number of nitrogens with zero attached hydrogens (tertiary/aromatic N) is 2. The Kier molecular flexibility index (Phi) is 4.90. The molecule has 0 bridgehead atoms. The van der Waals surface area contributed by atoms with Crippen molar-refractivity contribution in [3.63, 3.8) is 0 Å². The van der Waals surface area contributed by atoms with Crippen LogP contribution in [0.15, 0.2) is 11.2 Å². The maximum atomic E-state index is 10.4. The van der Waals surface area contributed by atoms with Gasteiger partial charge in [0.25, 0.3) is 6.20 Å². The van der Waals surface area contributed by atoms with Gasteiger partial charge in [-0.15, -0.1) is 11.8 Å². The van der Waals surface area contributed by atoms with E-state index in [0.29, 0.717) is 10.9 Å². The second kappa shape index (κ2) is 5.97. The topological polar surface area (TPSA) is 55.6 Å². The molecule has 0 aromatic rings. The van der Waals surface area contributed by atoms with E-state index in [9.17, 15) is 10.1 Å². The summed E-state index contributed by atoms with van der Waals surface area (Å²) in [6, 6.07) is 0. The first-order valence-corrected chi connectivity index (χ1v) is 6.04. The van der Waals surface area contributed by atoms with Crippen molar-refractivity contribution in [2.75, 3.05) is 33.1 Å². The molecular formula is C9H16N2O3S. The molecule has 1 unspecified atom stereocenters. The first kappa shape index (κ1) is 12.3. The predicted octanol–water partition coefficient (Wildman–Crippen LogP) is 1.39. The number of hydrogen-bond donors (Lipinski definition) is 0. The third-order valence-electron chi connectivity index (χ3n) is 2.36. The number of thioether (sulfide) groups is 1. The van der Waals surface area contributed by atoms with E-state index in [1.165, 1.54) is 11.8 Å². The van der Waals surface area contributed by atoms with Crippen LogP contribution < -0.4 is 0 Å². The molecule has 5 nitrogen and oxygen atoms in total. The van der Waals surface area contributed by atoms with Gasteiger partial charge in [-0.2, -0.15) is 0 Å². The molecule has 86 valence electrons. The highest BCUT2D eigenvalue weighted by Gasteiger charge is 2.19. The number of nitro groups is 1. The van der Waals surface area contributed by atoms with Crippen molar-refractivity contribution < 1.29 is 9.66 Å². The van der Waals surface area contributed by atoms with Crippen LogP contribution in [-0.2, 0) is 4.74 Å². The molecule has 6 heteroatoms. The molecule has 0 aromatic carbocycles. The number of ether oxygens (including phenoxy) is 1. The van der Waals surface area contributed by atoms with Crippen LogP contribution in [0.2, 0.25) is 0 Å².